The van der Waals surface area contributed by atoms with Crippen LogP contribution in [0.5, 0.6) is 0 Å². The van der Waals surface area contributed by atoms with Crippen LogP contribution in [0.15, 0.2) is 30.5 Å². The zero-order valence-corrected chi connectivity index (χ0v) is 21.9. The Hall–Kier alpha value is -2.98. The van der Waals surface area contributed by atoms with Gasteiger partial charge < -0.3 is 31.3 Å². The van der Waals surface area contributed by atoms with Crippen molar-refractivity contribution in [3.63, 3.8) is 0 Å². The molecule has 6 rings (SSSR count). The Balaban J connectivity index is 1.36. The van der Waals surface area contributed by atoms with E-state index in [1.807, 2.05) is 6.07 Å². The Morgan fingerprint density at radius 1 is 1.22 bits per heavy atom. The van der Waals surface area contributed by atoms with Crippen LogP contribution < -0.4 is 21.3 Å². The van der Waals surface area contributed by atoms with Crippen LogP contribution in [0.2, 0.25) is 0 Å². The van der Waals surface area contributed by atoms with Crippen LogP contribution in [0.25, 0.3) is 0 Å². The van der Waals surface area contributed by atoms with E-state index in [4.69, 9.17) is 5.73 Å². The third-order valence-corrected chi connectivity index (χ3v) is 9.17. The number of aliphatic hydroxyl groups is 1. The lowest BCUT2D eigenvalue weighted by molar-refractivity contribution is -0.159. The van der Waals surface area contributed by atoms with E-state index in [0.717, 1.165) is 32.6 Å². The topological polar surface area (TPSA) is 120 Å². The molecule has 1 saturated heterocycles. The van der Waals surface area contributed by atoms with Crippen molar-refractivity contribution in [3.05, 3.63) is 36.3 Å². The van der Waals surface area contributed by atoms with E-state index in [9.17, 15) is 14.3 Å². The van der Waals surface area contributed by atoms with E-state index in [2.05, 4.69) is 51.3 Å². The molecular formula is C27H38FN7O2. The molecule has 1 aromatic carbocycles. The number of primary amides is 1. The monoisotopic (exact) mass is 511 g/mol. The molecule has 0 unspecified atom stereocenters. The van der Waals surface area contributed by atoms with Gasteiger partial charge in [-0.15, -0.1) is 0 Å². The minimum absolute atomic E-state index is 0.0330. The molecule has 1 amide bonds. The Bertz CT molecular complexity index is 1150. The van der Waals surface area contributed by atoms with E-state index in [1.165, 1.54) is 6.07 Å². The van der Waals surface area contributed by atoms with Gasteiger partial charge in [0, 0.05) is 44.7 Å². The summed E-state index contributed by atoms with van der Waals surface area (Å²) in [5.74, 6) is 0.411. The quantitative estimate of drug-likeness (QED) is 0.427. The Morgan fingerprint density at radius 3 is 2.62 bits per heavy atom. The van der Waals surface area contributed by atoms with Crippen molar-refractivity contribution in [1.29, 1.82) is 0 Å². The summed E-state index contributed by atoms with van der Waals surface area (Å²) in [7, 11) is 2.07. The Labute approximate surface area is 217 Å². The number of amides is 1. The van der Waals surface area contributed by atoms with Crippen LogP contribution in [0.1, 0.15) is 33.1 Å². The van der Waals surface area contributed by atoms with Gasteiger partial charge in [-0.05, 0) is 67.8 Å². The number of carbonyl (C=O) groups excluding carboxylic acids is 1. The molecule has 2 heterocycles. The fourth-order valence-electron chi connectivity index (χ4n) is 6.91. The number of aromatic nitrogens is 2. The average molecular weight is 512 g/mol. The van der Waals surface area contributed by atoms with Crippen molar-refractivity contribution < 1.29 is 14.3 Å². The number of hydrogen-bond acceptors (Lipinski definition) is 8. The van der Waals surface area contributed by atoms with Gasteiger partial charge >= 0.3 is 0 Å². The van der Waals surface area contributed by atoms with E-state index in [-0.39, 0.29) is 29.7 Å². The van der Waals surface area contributed by atoms with Gasteiger partial charge in [-0.1, -0.05) is 13.8 Å². The van der Waals surface area contributed by atoms with Gasteiger partial charge in [0.25, 0.3) is 0 Å². The molecule has 2 aromatic rings. The SMILES string of the molecule is CN1CCN(c2ccc(Nc3nccc(N[C@@]4(CCO)[C@@H](C(N)=O)C[C@H]5C[C@@H]4C5(C)C)n3)cc2F)CC1. The summed E-state index contributed by atoms with van der Waals surface area (Å²) < 4.78 is 15.0. The van der Waals surface area contributed by atoms with Gasteiger partial charge in [0.05, 0.1) is 17.1 Å². The number of halogens is 1. The highest BCUT2D eigenvalue weighted by molar-refractivity contribution is 5.80. The average Bonchev–Trinajstić information content (AvgIpc) is 2.85. The number of fused-ring (bicyclic) bond motifs is 2. The number of hydrogen-bond donors (Lipinski definition) is 4. The fourth-order valence-corrected chi connectivity index (χ4v) is 6.91. The van der Waals surface area contributed by atoms with Gasteiger partial charge in [-0.2, -0.15) is 4.98 Å². The molecule has 200 valence electrons. The number of piperazine rings is 1. The van der Waals surface area contributed by atoms with E-state index >= 15 is 0 Å². The first-order chi connectivity index (χ1) is 17.6. The van der Waals surface area contributed by atoms with Crippen LogP contribution in [0.4, 0.5) is 27.5 Å². The Morgan fingerprint density at radius 2 is 1.97 bits per heavy atom. The fraction of sp³-hybridized carbons (Fsp3) is 0.593. The van der Waals surface area contributed by atoms with Crippen molar-refractivity contribution in [1.82, 2.24) is 14.9 Å². The minimum atomic E-state index is -0.694. The first-order valence-corrected chi connectivity index (χ1v) is 13.2. The number of nitrogens with one attached hydrogen (secondary N) is 2. The molecule has 4 aliphatic rings. The zero-order valence-electron chi connectivity index (χ0n) is 21.9. The molecule has 4 atom stereocenters. The molecule has 10 heteroatoms. The zero-order chi connectivity index (χ0) is 26.4. The summed E-state index contributed by atoms with van der Waals surface area (Å²) in [4.78, 5) is 25.8. The lowest BCUT2D eigenvalue weighted by Gasteiger charge is -2.67. The van der Waals surface area contributed by atoms with Crippen molar-refractivity contribution in [2.45, 2.75) is 38.6 Å². The lowest BCUT2D eigenvalue weighted by Crippen LogP contribution is -2.70. The van der Waals surface area contributed by atoms with E-state index < -0.39 is 11.5 Å². The van der Waals surface area contributed by atoms with Crippen molar-refractivity contribution >= 4 is 29.0 Å². The molecular weight excluding hydrogens is 473 g/mol. The summed E-state index contributed by atoms with van der Waals surface area (Å²) >= 11 is 0. The summed E-state index contributed by atoms with van der Waals surface area (Å²) in [6, 6.07) is 6.83. The molecule has 9 nitrogen and oxygen atoms in total. The van der Waals surface area contributed by atoms with Crippen LogP contribution in [-0.4, -0.2) is 71.3 Å². The van der Waals surface area contributed by atoms with Gasteiger partial charge in [0.15, 0.2) is 0 Å². The number of nitrogens with zero attached hydrogens (tertiary/aromatic N) is 4. The van der Waals surface area contributed by atoms with Gasteiger partial charge in [0.2, 0.25) is 11.9 Å². The summed E-state index contributed by atoms with van der Waals surface area (Å²) in [6.45, 7) is 7.77. The van der Waals surface area contributed by atoms with E-state index in [0.29, 0.717) is 41.9 Å². The summed E-state index contributed by atoms with van der Waals surface area (Å²) in [5, 5.41) is 16.6. The maximum atomic E-state index is 15.0. The second-order valence-electron chi connectivity index (χ2n) is 11.5. The molecule has 1 aliphatic heterocycles. The Kier molecular flexibility index (Phi) is 6.74. The normalized spacial score (nSPS) is 28.9. The van der Waals surface area contributed by atoms with Crippen LogP contribution in [0, 0.1) is 29.0 Å². The van der Waals surface area contributed by atoms with Crippen LogP contribution in [0.3, 0.4) is 0 Å². The van der Waals surface area contributed by atoms with Crippen molar-refractivity contribution in [2.24, 2.45) is 28.9 Å². The molecule has 1 aromatic heterocycles. The smallest absolute Gasteiger partial charge is 0.229 e. The third-order valence-electron chi connectivity index (χ3n) is 9.17. The standard InChI is InChI=1S/C27H38FN7O2/c1-26(2)17-14-19(24(29)37)27(7-13-36,22(26)15-17)33-23-6-8-30-25(32-23)31-18-4-5-21(20(28)16-18)35-11-9-34(3)10-12-35/h4-6,8,16-17,19,22,36H,7,9-15H2,1-3H3,(H2,29,37)(H2,30,31,32,33)/t17-,19+,22+,27-/m0/s1. The largest absolute Gasteiger partial charge is 0.396 e. The molecule has 3 saturated carbocycles. The van der Waals surface area contributed by atoms with Gasteiger partial charge in [-0.25, -0.2) is 9.37 Å². The highest BCUT2D eigenvalue weighted by Crippen LogP contribution is 2.65. The number of anilines is 4. The lowest BCUT2D eigenvalue weighted by atomic mass is 9.40. The molecule has 37 heavy (non-hydrogen) atoms. The van der Waals surface area contributed by atoms with Crippen LogP contribution in [-0.2, 0) is 4.79 Å². The predicted octanol–water partition coefficient (Wildman–Crippen LogP) is 2.81. The molecule has 3 aliphatic carbocycles. The third kappa shape index (κ3) is 4.61. The number of nitrogens with two attached hydrogens (primary N) is 1. The number of carbonyl (C=O) groups is 1. The van der Waals surface area contributed by atoms with Crippen molar-refractivity contribution in [2.75, 3.05) is 55.4 Å². The van der Waals surface area contributed by atoms with Crippen molar-refractivity contribution in [3.8, 4) is 0 Å². The van der Waals surface area contributed by atoms with E-state index in [1.54, 1.807) is 18.3 Å². The maximum absolute atomic E-state index is 15.0. The summed E-state index contributed by atoms with van der Waals surface area (Å²) in [6.07, 6.45) is 3.70. The molecule has 4 fully saturated rings. The minimum Gasteiger partial charge on any atom is -0.396 e. The van der Waals surface area contributed by atoms with Gasteiger partial charge in [-0.3, -0.25) is 4.79 Å². The molecule has 2 bridgehead atoms. The molecule has 5 N–H and O–H groups in total. The highest BCUT2D eigenvalue weighted by Gasteiger charge is 2.66. The summed E-state index contributed by atoms with van der Waals surface area (Å²) in [5.41, 5.74) is 6.35. The maximum Gasteiger partial charge on any atom is 0.229 e. The molecule has 0 radical (unpaired) electrons. The first-order valence-electron chi connectivity index (χ1n) is 13.2. The second-order valence-corrected chi connectivity index (χ2v) is 11.5. The van der Waals surface area contributed by atoms with Gasteiger partial charge in [0.1, 0.15) is 11.6 Å². The second kappa shape index (κ2) is 9.72. The predicted molar refractivity (Wildman–Crippen MR) is 142 cm³/mol. The molecule has 0 spiro atoms. The number of aliphatic hydroxyl groups excluding tert-OH is 1. The number of benzene rings is 1. The number of likely N-dealkylation sites (N-methyl/N-ethyl adjacent to an activating group) is 1. The number of rotatable bonds is 8. The first kappa shape index (κ1) is 25.7. The van der Waals surface area contributed by atoms with Crippen LogP contribution >= 0.6 is 0 Å². The highest BCUT2D eigenvalue weighted by atomic mass is 19.1.